The summed E-state index contributed by atoms with van der Waals surface area (Å²) < 4.78 is 0. The Balaban J connectivity index is 2.61. The largest absolute Gasteiger partial charge is 0.311 e. The average Bonchev–Trinajstić information content (AvgIpc) is 2.42. The molecule has 0 aliphatic carbocycles. The lowest BCUT2D eigenvalue weighted by molar-refractivity contribution is 0.0733. The molecule has 2 heteroatoms. The predicted octanol–water partition coefficient (Wildman–Crippen LogP) is 4.55. The molecular formula is C19H40N2. The summed E-state index contributed by atoms with van der Waals surface area (Å²) in [5.74, 6) is 2.44. The smallest absolute Gasteiger partial charge is 0.0244 e. The van der Waals surface area contributed by atoms with Gasteiger partial charge in [0.1, 0.15) is 0 Å². The summed E-state index contributed by atoms with van der Waals surface area (Å²) in [6.45, 7) is 17.9. The Morgan fingerprint density at radius 1 is 1.14 bits per heavy atom. The van der Waals surface area contributed by atoms with E-state index in [4.69, 9.17) is 0 Å². The van der Waals surface area contributed by atoms with Crippen molar-refractivity contribution < 1.29 is 0 Å². The second-order valence-electron chi connectivity index (χ2n) is 7.92. The number of nitrogens with one attached hydrogen (secondary N) is 1. The first-order valence-corrected chi connectivity index (χ1v) is 9.45. The van der Waals surface area contributed by atoms with Crippen LogP contribution in [0.4, 0.5) is 0 Å². The summed E-state index contributed by atoms with van der Waals surface area (Å²) in [7, 11) is 0. The Hall–Kier alpha value is -0.0800. The van der Waals surface area contributed by atoms with Gasteiger partial charge >= 0.3 is 0 Å². The van der Waals surface area contributed by atoms with Crippen molar-refractivity contribution in [3.63, 3.8) is 0 Å². The SMILES string of the molecule is CCCCC(CC)CN1CC(CC(C)C)NCC1C(C)C. The van der Waals surface area contributed by atoms with Crippen molar-refractivity contribution in [2.75, 3.05) is 19.6 Å². The molecule has 126 valence electrons. The number of hydrogen-bond acceptors (Lipinski definition) is 2. The highest BCUT2D eigenvalue weighted by Gasteiger charge is 2.30. The lowest BCUT2D eigenvalue weighted by Gasteiger charge is -2.44. The highest BCUT2D eigenvalue weighted by molar-refractivity contribution is 4.89. The molecule has 0 aromatic rings. The standard InChI is InChI=1S/C19H40N2/c1-7-9-10-17(8-2)13-21-14-18(11-15(3)4)20-12-19(21)16(5)6/h15-20H,7-14H2,1-6H3. The van der Waals surface area contributed by atoms with Crippen LogP contribution in [-0.2, 0) is 0 Å². The minimum atomic E-state index is 0.698. The van der Waals surface area contributed by atoms with Crippen molar-refractivity contribution in [3.05, 3.63) is 0 Å². The molecule has 0 aromatic heterocycles. The second-order valence-corrected chi connectivity index (χ2v) is 7.92. The van der Waals surface area contributed by atoms with Crippen molar-refractivity contribution in [1.29, 1.82) is 0 Å². The number of unbranched alkanes of at least 4 members (excludes halogenated alkanes) is 1. The molecule has 0 bridgehead atoms. The number of hydrogen-bond donors (Lipinski definition) is 1. The monoisotopic (exact) mass is 296 g/mol. The van der Waals surface area contributed by atoms with E-state index in [2.05, 4.69) is 51.8 Å². The van der Waals surface area contributed by atoms with Crippen LogP contribution in [0.2, 0.25) is 0 Å². The normalized spacial score (nSPS) is 25.7. The molecule has 1 N–H and O–H groups in total. The zero-order valence-electron chi connectivity index (χ0n) is 15.5. The van der Waals surface area contributed by atoms with Crippen LogP contribution in [0.15, 0.2) is 0 Å². The zero-order valence-corrected chi connectivity index (χ0v) is 15.5. The fourth-order valence-corrected chi connectivity index (χ4v) is 3.74. The van der Waals surface area contributed by atoms with Gasteiger partial charge < -0.3 is 5.32 Å². The molecule has 0 saturated carbocycles. The van der Waals surface area contributed by atoms with Crippen LogP contribution in [0.1, 0.15) is 73.6 Å². The molecular weight excluding hydrogens is 256 g/mol. The highest BCUT2D eigenvalue weighted by Crippen LogP contribution is 2.22. The molecule has 0 amide bonds. The lowest BCUT2D eigenvalue weighted by atomic mass is 9.92. The first kappa shape index (κ1) is 19.0. The Morgan fingerprint density at radius 2 is 1.86 bits per heavy atom. The van der Waals surface area contributed by atoms with Gasteiger partial charge in [0.25, 0.3) is 0 Å². The number of piperazine rings is 1. The van der Waals surface area contributed by atoms with Gasteiger partial charge in [-0.3, -0.25) is 4.90 Å². The van der Waals surface area contributed by atoms with Crippen LogP contribution >= 0.6 is 0 Å². The van der Waals surface area contributed by atoms with Crippen LogP contribution in [0.25, 0.3) is 0 Å². The first-order chi connectivity index (χ1) is 9.97. The van der Waals surface area contributed by atoms with E-state index in [1.165, 1.54) is 51.7 Å². The quantitative estimate of drug-likeness (QED) is 0.671. The van der Waals surface area contributed by atoms with E-state index in [1.807, 2.05) is 0 Å². The lowest BCUT2D eigenvalue weighted by Crippen LogP contribution is -2.59. The van der Waals surface area contributed by atoms with Crippen molar-refractivity contribution in [3.8, 4) is 0 Å². The van der Waals surface area contributed by atoms with Crippen LogP contribution < -0.4 is 5.32 Å². The fraction of sp³-hybridized carbons (Fsp3) is 1.00. The minimum absolute atomic E-state index is 0.698. The molecule has 1 rings (SSSR count). The molecule has 1 heterocycles. The summed E-state index contributed by atoms with van der Waals surface area (Å²) in [5, 5.41) is 3.80. The second kappa shape index (κ2) is 9.84. The van der Waals surface area contributed by atoms with Gasteiger partial charge in [-0.2, -0.15) is 0 Å². The zero-order chi connectivity index (χ0) is 15.8. The van der Waals surface area contributed by atoms with Gasteiger partial charge in [-0.15, -0.1) is 0 Å². The van der Waals surface area contributed by atoms with Gasteiger partial charge in [0, 0.05) is 31.7 Å². The Morgan fingerprint density at radius 3 is 2.38 bits per heavy atom. The average molecular weight is 297 g/mol. The minimum Gasteiger partial charge on any atom is -0.311 e. The van der Waals surface area contributed by atoms with E-state index in [0.717, 1.165) is 23.8 Å². The maximum atomic E-state index is 3.80. The van der Waals surface area contributed by atoms with Crippen LogP contribution in [-0.4, -0.2) is 36.6 Å². The summed E-state index contributed by atoms with van der Waals surface area (Å²) in [4.78, 5) is 2.82. The van der Waals surface area contributed by atoms with Crippen LogP contribution in [0.5, 0.6) is 0 Å². The van der Waals surface area contributed by atoms with Gasteiger partial charge in [0.2, 0.25) is 0 Å². The number of nitrogens with zero attached hydrogens (tertiary/aromatic N) is 1. The topological polar surface area (TPSA) is 15.3 Å². The molecule has 0 spiro atoms. The third-order valence-corrected chi connectivity index (χ3v) is 5.10. The third-order valence-electron chi connectivity index (χ3n) is 5.10. The van der Waals surface area contributed by atoms with Crippen LogP contribution in [0, 0.1) is 17.8 Å². The molecule has 21 heavy (non-hydrogen) atoms. The molecule has 1 aliphatic rings. The number of rotatable bonds is 9. The molecule has 2 nitrogen and oxygen atoms in total. The van der Waals surface area contributed by atoms with E-state index < -0.39 is 0 Å². The van der Waals surface area contributed by atoms with Gasteiger partial charge in [-0.05, 0) is 30.6 Å². The van der Waals surface area contributed by atoms with E-state index in [-0.39, 0.29) is 0 Å². The Labute approximate surface area is 134 Å². The molecule has 1 saturated heterocycles. The molecule has 1 fully saturated rings. The predicted molar refractivity (Wildman–Crippen MR) is 94.8 cm³/mol. The Kier molecular flexibility index (Phi) is 8.89. The maximum Gasteiger partial charge on any atom is 0.0244 e. The van der Waals surface area contributed by atoms with Gasteiger partial charge in [0.05, 0.1) is 0 Å². The fourth-order valence-electron chi connectivity index (χ4n) is 3.74. The van der Waals surface area contributed by atoms with E-state index in [1.54, 1.807) is 0 Å². The van der Waals surface area contributed by atoms with Gasteiger partial charge in [-0.1, -0.05) is 60.8 Å². The molecule has 0 aromatic carbocycles. The van der Waals surface area contributed by atoms with Gasteiger partial charge in [0.15, 0.2) is 0 Å². The summed E-state index contributed by atoms with van der Waals surface area (Å²) >= 11 is 0. The Bertz CT molecular complexity index is 262. The molecule has 3 atom stereocenters. The third kappa shape index (κ3) is 6.69. The van der Waals surface area contributed by atoms with Crippen molar-refractivity contribution >= 4 is 0 Å². The summed E-state index contributed by atoms with van der Waals surface area (Å²) in [5.41, 5.74) is 0. The highest BCUT2D eigenvalue weighted by atomic mass is 15.2. The summed E-state index contributed by atoms with van der Waals surface area (Å²) in [6.07, 6.45) is 6.79. The molecule has 1 aliphatic heterocycles. The molecule has 0 radical (unpaired) electrons. The van der Waals surface area contributed by atoms with Crippen molar-refractivity contribution in [2.24, 2.45) is 17.8 Å². The van der Waals surface area contributed by atoms with E-state index >= 15 is 0 Å². The van der Waals surface area contributed by atoms with Crippen molar-refractivity contribution in [1.82, 2.24) is 10.2 Å². The van der Waals surface area contributed by atoms with E-state index in [9.17, 15) is 0 Å². The van der Waals surface area contributed by atoms with E-state index in [0.29, 0.717) is 6.04 Å². The van der Waals surface area contributed by atoms with Gasteiger partial charge in [-0.25, -0.2) is 0 Å². The summed E-state index contributed by atoms with van der Waals surface area (Å²) in [6, 6.07) is 1.42. The molecule has 3 unspecified atom stereocenters. The van der Waals surface area contributed by atoms with Crippen molar-refractivity contribution in [2.45, 2.75) is 85.7 Å². The maximum absolute atomic E-state index is 3.80. The van der Waals surface area contributed by atoms with Crippen LogP contribution in [0.3, 0.4) is 0 Å². The first-order valence-electron chi connectivity index (χ1n) is 9.45.